The Hall–Kier alpha value is -2.11. The van der Waals surface area contributed by atoms with E-state index >= 15 is 0 Å². The second-order valence-electron chi connectivity index (χ2n) is 5.45. The van der Waals surface area contributed by atoms with Crippen molar-refractivity contribution in [2.45, 2.75) is 26.8 Å². The molecule has 0 unspecified atom stereocenters. The molecular formula is C13H18N2O4. The lowest BCUT2D eigenvalue weighted by Crippen LogP contribution is -2.50. The molecule has 0 bridgehead atoms. The Morgan fingerprint density at radius 1 is 1.37 bits per heavy atom. The number of amides is 1. The van der Waals surface area contributed by atoms with Crippen molar-refractivity contribution in [3.8, 4) is 0 Å². The molecule has 0 fully saturated rings. The van der Waals surface area contributed by atoms with Crippen molar-refractivity contribution >= 4 is 11.9 Å². The Balaban J connectivity index is 3.05. The van der Waals surface area contributed by atoms with Crippen LogP contribution in [0.15, 0.2) is 23.1 Å². The summed E-state index contributed by atoms with van der Waals surface area (Å²) in [5.41, 5.74) is -1.18. The molecule has 1 heterocycles. The van der Waals surface area contributed by atoms with Gasteiger partial charge in [-0.15, -0.1) is 0 Å². The van der Waals surface area contributed by atoms with Gasteiger partial charge in [-0.25, -0.2) is 4.79 Å². The summed E-state index contributed by atoms with van der Waals surface area (Å²) in [7, 11) is 1.53. The van der Waals surface area contributed by atoms with Crippen molar-refractivity contribution in [1.29, 1.82) is 0 Å². The van der Waals surface area contributed by atoms with E-state index in [1.165, 1.54) is 23.9 Å². The van der Waals surface area contributed by atoms with Crippen LogP contribution in [0.3, 0.4) is 0 Å². The summed E-state index contributed by atoms with van der Waals surface area (Å²) in [6.45, 7) is 5.11. The minimum Gasteiger partial charge on any atom is -0.480 e. The third-order valence-electron chi connectivity index (χ3n) is 2.76. The largest absolute Gasteiger partial charge is 0.480 e. The molecule has 0 aliphatic rings. The maximum Gasteiger partial charge on any atom is 0.326 e. The average molecular weight is 266 g/mol. The number of hydrogen-bond acceptors (Lipinski definition) is 3. The number of hydrogen-bond donors (Lipinski definition) is 2. The highest BCUT2D eigenvalue weighted by Crippen LogP contribution is 2.19. The van der Waals surface area contributed by atoms with Gasteiger partial charge in [0.2, 0.25) is 0 Å². The molecule has 6 heteroatoms. The van der Waals surface area contributed by atoms with Gasteiger partial charge in [-0.3, -0.25) is 9.59 Å². The van der Waals surface area contributed by atoms with E-state index in [0.717, 1.165) is 0 Å². The molecule has 104 valence electrons. The number of carboxylic acids is 1. The van der Waals surface area contributed by atoms with Gasteiger partial charge in [0.05, 0.1) is 0 Å². The van der Waals surface area contributed by atoms with E-state index < -0.39 is 28.9 Å². The van der Waals surface area contributed by atoms with Gasteiger partial charge >= 0.3 is 5.97 Å². The van der Waals surface area contributed by atoms with Gasteiger partial charge in [0.1, 0.15) is 11.6 Å². The molecule has 0 saturated carbocycles. The number of nitrogens with zero attached hydrogens (tertiary/aromatic N) is 1. The van der Waals surface area contributed by atoms with E-state index in [1.807, 2.05) is 0 Å². The van der Waals surface area contributed by atoms with Crippen LogP contribution in [0.1, 0.15) is 31.1 Å². The molecule has 1 rings (SSSR count). The zero-order chi connectivity index (χ0) is 14.8. The topological polar surface area (TPSA) is 88.4 Å². The van der Waals surface area contributed by atoms with Gasteiger partial charge < -0.3 is 15.0 Å². The lowest BCUT2D eigenvalue weighted by Gasteiger charge is -2.27. The van der Waals surface area contributed by atoms with Gasteiger partial charge in [0.25, 0.3) is 11.5 Å². The smallest absolute Gasteiger partial charge is 0.326 e. The van der Waals surface area contributed by atoms with Crippen LogP contribution in [-0.4, -0.2) is 27.6 Å². The predicted octanol–water partition coefficient (Wildman–Crippen LogP) is 0.614. The molecule has 1 amide bonds. The number of nitrogens with one attached hydrogen (secondary N) is 1. The standard InChI is InChI=1S/C13H18N2O4/c1-13(2,3)9(12(18)19)14-10(16)8-6-5-7-15(4)11(8)17/h5-7,9H,1-4H3,(H,14,16)(H,18,19)/t9-/m1/s1. The third-order valence-corrected chi connectivity index (χ3v) is 2.76. The predicted molar refractivity (Wildman–Crippen MR) is 70.0 cm³/mol. The normalized spacial score (nSPS) is 12.8. The Morgan fingerprint density at radius 2 is 1.95 bits per heavy atom. The highest BCUT2D eigenvalue weighted by molar-refractivity contribution is 5.96. The van der Waals surface area contributed by atoms with E-state index in [-0.39, 0.29) is 5.56 Å². The monoisotopic (exact) mass is 266 g/mol. The number of carbonyl (C=O) groups excluding carboxylic acids is 1. The molecule has 19 heavy (non-hydrogen) atoms. The van der Waals surface area contributed by atoms with Crippen molar-refractivity contribution < 1.29 is 14.7 Å². The molecule has 0 radical (unpaired) electrons. The van der Waals surface area contributed by atoms with Crippen LogP contribution in [0.2, 0.25) is 0 Å². The number of aliphatic carboxylic acids is 1. The summed E-state index contributed by atoms with van der Waals surface area (Å²) in [5, 5.41) is 11.5. The highest BCUT2D eigenvalue weighted by atomic mass is 16.4. The molecule has 0 spiro atoms. The van der Waals surface area contributed by atoms with Gasteiger partial charge in [-0.2, -0.15) is 0 Å². The Labute approximate surface area is 111 Å². The number of pyridine rings is 1. The lowest BCUT2D eigenvalue weighted by molar-refractivity contribution is -0.142. The molecule has 1 aromatic rings. The van der Waals surface area contributed by atoms with Gasteiger partial charge in [-0.05, 0) is 17.5 Å². The number of rotatable bonds is 3. The zero-order valence-electron chi connectivity index (χ0n) is 11.4. The summed E-state index contributed by atoms with van der Waals surface area (Å²) < 4.78 is 1.27. The number of aryl methyl sites for hydroxylation is 1. The van der Waals surface area contributed by atoms with Crippen molar-refractivity contribution in [3.63, 3.8) is 0 Å². The summed E-state index contributed by atoms with van der Waals surface area (Å²) in [6.07, 6.45) is 1.53. The van der Waals surface area contributed by atoms with E-state index in [2.05, 4.69) is 5.32 Å². The third kappa shape index (κ3) is 3.43. The molecule has 6 nitrogen and oxygen atoms in total. The fourth-order valence-corrected chi connectivity index (χ4v) is 1.63. The van der Waals surface area contributed by atoms with Crippen LogP contribution < -0.4 is 10.9 Å². The van der Waals surface area contributed by atoms with Gasteiger partial charge in [0.15, 0.2) is 0 Å². The molecule has 2 N–H and O–H groups in total. The van der Waals surface area contributed by atoms with E-state index in [0.29, 0.717) is 0 Å². The lowest BCUT2D eigenvalue weighted by atomic mass is 9.86. The molecule has 1 aromatic heterocycles. The molecule has 0 aliphatic heterocycles. The molecule has 0 aromatic carbocycles. The minimum atomic E-state index is -1.13. The van der Waals surface area contributed by atoms with Gasteiger partial charge in [0, 0.05) is 13.2 Å². The van der Waals surface area contributed by atoms with Crippen LogP contribution in [0.5, 0.6) is 0 Å². The van der Waals surface area contributed by atoms with Crippen molar-refractivity contribution in [3.05, 3.63) is 34.2 Å². The second-order valence-corrected chi connectivity index (χ2v) is 5.45. The number of aromatic nitrogens is 1. The van der Waals surface area contributed by atoms with E-state index in [4.69, 9.17) is 5.11 Å². The zero-order valence-corrected chi connectivity index (χ0v) is 11.4. The first kappa shape index (κ1) is 14.9. The first-order valence-electron chi connectivity index (χ1n) is 5.84. The Morgan fingerprint density at radius 3 is 2.42 bits per heavy atom. The first-order chi connectivity index (χ1) is 8.64. The summed E-state index contributed by atoms with van der Waals surface area (Å²) in [5.74, 6) is -1.81. The fourth-order valence-electron chi connectivity index (χ4n) is 1.63. The van der Waals surface area contributed by atoms with Gasteiger partial charge in [-0.1, -0.05) is 20.8 Å². The summed E-state index contributed by atoms with van der Waals surface area (Å²) in [6, 6.07) is 1.87. The number of carboxylic acid groups (broad SMARTS) is 1. The van der Waals surface area contributed by atoms with Crippen LogP contribution in [-0.2, 0) is 11.8 Å². The molecule has 0 aliphatic carbocycles. The molecule has 0 saturated heterocycles. The second kappa shape index (κ2) is 5.26. The number of carbonyl (C=O) groups is 2. The van der Waals surface area contributed by atoms with Crippen molar-refractivity contribution in [2.75, 3.05) is 0 Å². The van der Waals surface area contributed by atoms with Crippen LogP contribution >= 0.6 is 0 Å². The van der Waals surface area contributed by atoms with Crippen molar-refractivity contribution in [2.24, 2.45) is 12.5 Å². The van der Waals surface area contributed by atoms with Crippen LogP contribution in [0.25, 0.3) is 0 Å². The molecule has 1 atom stereocenters. The maximum atomic E-state index is 12.0. The Bertz CT molecular complexity index is 554. The quantitative estimate of drug-likeness (QED) is 0.839. The summed E-state index contributed by atoms with van der Waals surface area (Å²) in [4.78, 5) is 34.9. The summed E-state index contributed by atoms with van der Waals surface area (Å²) >= 11 is 0. The van der Waals surface area contributed by atoms with Crippen LogP contribution in [0, 0.1) is 5.41 Å². The Kier molecular flexibility index (Phi) is 4.14. The van der Waals surface area contributed by atoms with E-state index in [9.17, 15) is 14.4 Å². The average Bonchev–Trinajstić information content (AvgIpc) is 2.27. The SMILES string of the molecule is Cn1cccc(C(=O)N[C@H](C(=O)O)C(C)(C)C)c1=O. The van der Waals surface area contributed by atoms with Crippen LogP contribution in [0.4, 0.5) is 0 Å². The minimum absolute atomic E-state index is 0.0690. The van der Waals surface area contributed by atoms with E-state index in [1.54, 1.807) is 26.8 Å². The maximum absolute atomic E-state index is 12.0. The highest BCUT2D eigenvalue weighted by Gasteiger charge is 2.33. The fraction of sp³-hybridized carbons (Fsp3) is 0.462. The van der Waals surface area contributed by atoms with Crippen molar-refractivity contribution in [1.82, 2.24) is 9.88 Å². The molecular weight excluding hydrogens is 248 g/mol. The first-order valence-corrected chi connectivity index (χ1v) is 5.84.